The SMILES string of the molecule is CCOC(=O)c1cc2c(=O)n3cccc(C)c3nc2n(CCOC)c1=NC(=O)c1ccccc1Cl. The van der Waals surface area contributed by atoms with Gasteiger partial charge < -0.3 is 14.0 Å². The van der Waals surface area contributed by atoms with E-state index >= 15 is 0 Å². The van der Waals surface area contributed by atoms with Crippen molar-refractivity contribution in [3.63, 3.8) is 0 Å². The smallest absolute Gasteiger partial charge is 0.341 e. The number of hydrogen-bond donors (Lipinski definition) is 0. The van der Waals surface area contributed by atoms with E-state index in [9.17, 15) is 14.4 Å². The van der Waals surface area contributed by atoms with Gasteiger partial charge in [-0.05, 0) is 43.7 Å². The molecule has 35 heavy (non-hydrogen) atoms. The van der Waals surface area contributed by atoms with Crippen LogP contribution < -0.4 is 11.0 Å². The van der Waals surface area contributed by atoms with Crippen LogP contribution in [-0.4, -0.2) is 46.2 Å². The molecule has 3 aromatic heterocycles. The highest BCUT2D eigenvalue weighted by molar-refractivity contribution is 6.33. The molecule has 0 saturated carbocycles. The first-order valence-electron chi connectivity index (χ1n) is 10.9. The number of methoxy groups -OCH3 is 1. The fourth-order valence-electron chi connectivity index (χ4n) is 3.75. The van der Waals surface area contributed by atoms with Gasteiger partial charge in [0.15, 0.2) is 5.49 Å². The van der Waals surface area contributed by atoms with E-state index in [0.717, 1.165) is 5.56 Å². The molecule has 0 aliphatic carbocycles. The Morgan fingerprint density at radius 3 is 2.60 bits per heavy atom. The molecule has 0 aliphatic heterocycles. The van der Waals surface area contributed by atoms with Crippen molar-refractivity contribution in [1.29, 1.82) is 0 Å². The van der Waals surface area contributed by atoms with Crippen LogP contribution >= 0.6 is 11.6 Å². The van der Waals surface area contributed by atoms with Crippen molar-refractivity contribution in [2.45, 2.75) is 20.4 Å². The van der Waals surface area contributed by atoms with Gasteiger partial charge >= 0.3 is 5.97 Å². The van der Waals surface area contributed by atoms with Crippen LogP contribution in [0.3, 0.4) is 0 Å². The molecule has 0 bridgehead atoms. The lowest BCUT2D eigenvalue weighted by atomic mass is 10.2. The Labute approximate surface area is 205 Å². The Bertz CT molecular complexity index is 1590. The van der Waals surface area contributed by atoms with Crippen LogP contribution in [0, 0.1) is 6.92 Å². The number of aryl methyl sites for hydroxylation is 1. The molecule has 0 fully saturated rings. The Morgan fingerprint density at radius 1 is 1.11 bits per heavy atom. The average molecular weight is 495 g/mol. The minimum atomic E-state index is -0.722. The van der Waals surface area contributed by atoms with Crippen LogP contribution in [0.2, 0.25) is 5.02 Å². The predicted molar refractivity (Wildman–Crippen MR) is 131 cm³/mol. The Morgan fingerprint density at radius 2 is 1.89 bits per heavy atom. The van der Waals surface area contributed by atoms with Crippen molar-refractivity contribution in [3.05, 3.63) is 86.2 Å². The van der Waals surface area contributed by atoms with E-state index in [1.54, 1.807) is 43.5 Å². The van der Waals surface area contributed by atoms with Gasteiger partial charge in [-0.3, -0.25) is 14.0 Å². The maximum absolute atomic E-state index is 13.4. The second-order valence-electron chi connectivity index (χ2n) is 7.68. The highest BCUT2D eigenvalue weighted by atomic mass is 35.5. The number of fused-ring (bicyclic) bond motifs is 2. The van der Waals surface area contributed by atoms with E-state index in [0.29, 0.717) is 5.65 Å². The fraction of sp³-hybridized carbons (Fsp3) is 0.240. The van der Waals surface area contributed by atoms with Crippen molar-refractivity contribution >= 4 is 40.2 Å². The highest BCUT2D eigenvalue weighted by Crippen LogP contribution is 2.17. The highest BCUT2D eigenvalue weighted by Gasteiger charge is 2.21. The Kier molecular flexibility index (Phi) is 7.09. The lowest BCUT2D eigenvalue weighted by Crippen LogP contribution is -2.33. The summed E-state index contributed by atoms with van der Waals surface area (Å²) < 4.78 is 13.4. The summed E-state index contributed by atoms with van der Waals surface area (Å²) in [5.74, 6) is -1.37. The first-order valence-corrected chi connectivity index (χ1v) is 11.3. The maximum Gasteiger partial charge on any atom is 0.341 e. The standard InChI is InChI=1S/C25H23ClN4O5/c1-4-35-25(33)18-14-17-21(27-20-15(2)8-7-11-30(20)24(17)32)29(12-13-34-3)22(18)28-23(31)16-9-5-6-10-19(16)26/h5-11,14H,4,12-13H2,1-3H3. The third-order valence-corrected chi connectivity index (χ3v) is 5.76. The molecular formula is C25H23ClN4O5. The zero-order valence-corrected chi connectivity index (χ0v) is 20.2. The topological polar surface area (TPSA) is 104 Å². The minimum Gasteiger partial charge on any atom is -0.462 e. The number of benzene rings is 1. The number of esters is 1. The number of halogens is 1. The summed E-state index contributed by atoms with van der Waals surface area (Å²) in [7, 11) is 1.52. The van der Waals surface area contributed by atoms with Gasteiger partial charge in [-0.25, -0.2) is 9.78 Å². The molecule has 1 aromatic carbocycles. The van der Waals surface area contributed by atoms with Gasteiger partial charge in [0.25, 0.3) is 11.5 Å². The summed E-state index contributed by atoms with van der Waals surface area (Å²) in [6.45, 7) is 3.98. The quantitative estimate of drug-likeness (QED) is 0.301. The van der Waals surface area contributed by atoms with Gasteiger partial charge in [0.2, 0.25) is 0 Å². The summed E-state index contributed by atoms with van der Waals surface area (Å²) in [5.41, 5.74) is 1.26. The fourth-order valence-corrected chi connectivity index (χ4v) is 3.97. The first-order chi connectivity index (χ1) is 16.9. The van der Waals surface area contributed by atoms with Gasteiger partial charge in [-0.15, -0.1) is 0 Å². The molecule has 0 N–H and O–H groups in total. The normalized spacial score (nSPS) is 11.8. The van der Waals surface area contributed by atoms with Crippen LogP contribution in [0.15, 0.2) is 58.4 Å². The molecular weight excluding hydrogens is 472 g/mol. The second kappa shape index (κ2) is 10.2. The summed E-state index contributed by atoms with van der Waals surface area (Å²) in [6, 6.07) is 11.4. The minimum absolute atomic E-state index is 0.00255. The maximum atomic E-state index is 13.4. The molecule has 0 unspecified atom stereocenters. The van der Waals surface area contributed by atoms with E-state index in [-0.39, 0.29) is 58.0 Å². The lowest BCUT2D eigenvalue weighted by molar-refractivity contribution is 0.0523. The molecule has 0 atom stereocenters. The van der Waals surface area contributed by atoms with E-state index in [2.05, 4.69) is 4.99 Å². The summed E-state index contributed by atoms with van der Waals surface area (Å²) in [4.78, 5) is 48.5. The molecule has 0 radical (unpaired) electrons. The predicted octanol–water partition coefficient (Wildman–Crippen LogP) is 3.18. The molecule has 0 saturated heterocycles. The summed E-state index contributed by atoms with van der Waals surface area (Å²) in [6.07, 6.45) is 1.61. The van der Waals surface area contributed by atoms with Crippen molar-refractivity contribution in [2.24, 2.45) is 4.99 Å². The van der Waals surface area contributed by atoms with Gasteiger partial charge in [-0.1, -0.05) is 29.8 Å². The average Bonchev–Trinajstić information content (AvgIpc) is 2.84. The molecule has 1 amide bonds. The second-order valence-corrected chi connectivity index (χ2v) is 8.09. The molecule has 3 heterocycles. The van der Waals surface area contributed by atoms with Crippen LogP contribution in [0.5, 0.6) is 0 Å². The number of amides is 1. The molecule has 4 aromatic rings. The van der Waals surface area contributed by atoms with Crippen LogP contribution in [0.25, 0.3) is 16.7 Å². The number of pyridine rings is 2. The number of carbonyl (C=O) groups excluding carboxylic acids is 2. The number of rotatable bonds is 6. The third kappa shape index (κ3) is 4.60. The van der Waals surface area contributed by atoms with Crippen molar-refractivity contribution < 1.29 is 19.1 Å². The van der Waals surface area contributed by atoms with E-state index in [4.69, 9.17) is 26.1 Å². The number of nitrogens with zero attached hydrogens (tertiary/aromatic N) is 4. The molecule has 0 spiro atoms. The number of aromatic nitrogens is 3. The molecule has 9 nitrogen and oxygen atoms in total. The monoisotopic (exact) mass is 494 g/mol. The number of hydrogen-bond acceptors (Lipinski definition) is 6. The largest absolute Gasteiger partial charge is 0.462 e. The van der Waals surface area contributed by atoms with Crippen molar-refractivity contribution in [2.75, 3.05) is 20.3 Å². The number of carbonyl (C=O) groups is 2. The first kappa shape index (κ1) is 24.3. The lowest BCUT2D eigenvalue weighted by Gasteiger charge is -2.15. The van der Waals surface area contributed by atoms with Gasteiger partial charge in [0.05, 0.1) is 29.2 Å². The summed E-state index contributed by atoms with van der Waals surface area (Å²) in [5, 5.41) is 0.401. The van der Waals surface area contributed by atoms with Crippen LogP contribution in [0.4, 0.5) is 0 Å². The van der Waals surface area contributed by atoms with E-state index in [1.807, 2.05) is 13.0 Å². The van der Waals surface area contributed by atoms with Crippen LogP contribution in [-0.2, 0) is 16.0 Å². The molecule has 180 valence electrons. The zero-order chi connectivity index (χ0) is 25.1. The summed E-state index contributed by atoms with van der Waals surface area (Å²) >= 11 is 6.20. The zero-order valence-electron chi connectivity index (χ0n) is 19.4. The van der Waals surface area contributed by atoms with Gasteiger partial charge in [0.1, 0.15) is 16.9 Å². The number of ether oxygens (including phenoxy) is 2. The Balaban J connectivity index is 2.15. The van der Waals surface area contributed by atoms with Gasteiger partial charge in [0, 0.05) is 19.9 Å². The third-order valence-electron chi connectivity index (χ3n) is 5.43. The molecule has 0 aliphatic rings. The van der Waals surface area contributed by atoms with Gasteiger partial charge in [-0.2, -0.15) is 4.99 Å². The van der Waals surface area contributed by atoms with E-state index < -0.39 is 11.9 Å². The van der Waals surface area contributed by atoms with E-state index in [1.165, 1.54) is 22.1 Å². The van der Waals surface area contributed by atoms with Crippen molar-refractivity contribution in [1.82, 2.24) is 14.0 Å². The Hall–Kier alpha value is -3.82. The molecule has 4 rings (SSSR count). The molecule has 10 heteroatoms. The van der Waals surface area contributed by atoms with Crippen LogP contribution in [0.1, 0.15) is 33.2 Å². The van der Waals surface area contributed by atoms with Crippen molar-refractivity contribution in [3.8, 4) is 0 Å².